The molecule has 8 heteroatoms. The smallest absolute Gasteiger partial charge is 0.275 e. The molecule has 8 nitrogen and oxygen atoms in total. The summed E-state index contributed by atoms with van der Waals surface area (Å²) in [6.07, 6.45) is 4.12. The molecule has 4 aromatic rings. The maximum atomic E-state index is 12.9. The highest BCUT2D eigenvalue weighted by atomic mass is 16.1. The second-order valence-corrected chi connectivity index (χ2v) is 7.14. The molecule has 30 heavy (non-hydrogen) atoms. The number of pyridine rings is 1. The van der Waals surface area contributed by atoms with E-state index < -0.39 is 6.04 Å². The van der Waals surface area contributed by atoms with Crippen LogP contribution in [0.5, 0.6) is 0 Å². The first-order chi connectivity index (χ1) is 14.5. The molecule has 0 aliphatic carbocycles. The number of likely N-dealkylation sites (N-methyl/N-ethyl adjacent to an activating group) is 1. The number of fused-ring (bicyclic) bond motifs is 1. The number of benzene rings is 1. The van der Waals surface area contributed by atoms with Crippen LogP contribution in [0, 0.1) is 0 Å². The molecule has 152 valence electrons. The lowest BCUT2D eigenvalue weighted by Gasteiger charge is -2.20. The molecule has 0 fully saturated rings. The summed E-state index contributed by atoms with van der Waals surface area (Å²) in [6.45, 7) is 2.44. The number of H-pyrrole nitrogens is 1. The molecule has 0 unspecified atom stereocenters. The molecular weight excluding hydrogens is 380 g/mol. The predicted octanol–water partition coefficient (Wildman–Crippen LogP) is 2.16. The number of aromatic nitrogens is 5. The lowest BCUT2D eigenvalue weighted by molar-refractivity contribution is 0.523. The van der Waals surface area contributed by atoms with E-state index in [2.05, 4.69) is 20.1 Å². The molecule has 1 aromatic carbocycles. The fraction of sp³-hybridized carbons (Fsp3) is 0.227. The summed E-state index contributed by atoms with van der Waals surface area (Å²) in [5.41, 5.74) is 0.944. The van der Waals surface area contributed by atoms with Crippen LogP contribution in [-0.4, -0.2) is 38.3 Å². The first kappa shape index (κ1) is 19.5. The van der Waals surface area contributed by atoms with Crippen LogP contribution in [0.3, 0.4) is 0 Å². The van der Waals surface area contributed by atoms with Gasteiger partial charge in [0.2, 0.25) is 5.95 Å². The average Bonchev–Trinajstić information content (AvgIpc) is 2.78. The molecule has 3 aromatic heterocycles. The van der Waals surface area contributed by atoms with Crippen LogP contribution in [-0.2, 0) is 6.42 Å². The zero-order chi connectivity index (χ0) is 21.1. The van der Waals surface area contributed by atoms with Crippen molar-refractivity contribution in [3.63, 3.8) is 0 Å². The van der Waals surface area contributed by atoms with Gasteiger partial charge >= 0.3 is 0 Å². The molecule has 0 aliphatic rings. The van der Waals surface area contributed by atoms with E-state index in [-0.39, 0.29) is 11.1 Å². The first-order valence-corrected chi connectivity index (χ1v) is 9.72. The molecule has 3 heterocycles. The Balaban J connectivity index is 1.62. The van der Waals surface area contributed by atoms with Crippen molar-refractivity contribution in [1.82, 2.24) is 24.7 Å². The fourth-order valence-corrected chi connectivity index (χ4v) is 3.30. The minimum absolute atomic E-state index is 0.215. The topological polar surface area (TPSA) is 96.8 Å². The summed E-state index contributed by atoms with van der Waals surface area (Å²) >= 11 is 0. The van der Waals surface area contributed by atoms with Gasteiger partial charge in [-0.3, -0.25) is 19.6 Å². The van der Waals surface area contributed by atoms with Crippen molar-refractivity contribution in [2.24, 2.45) is 0 Å². The van der Waals surface area contributed by atoms with Gasteiger partial charge in [-0.05, 0) is 25.1 Å². The molecule has 0 aliphatic heterocycles. The van der Waals surface area contributed by atoms with E-state index in [4.69, 9.17) is 0 Å². The lowest BCUT2D eigenvalue weighted by atomic mass is 10.2. The monoisotopic (exact) mass is 402 g/mol. The normalized spacial score (nSPS) is 12.1. The highest BCUT2D eigenvalue weighted by Gasteiger charge is 2.17. The van der Waals surface area contributed by atoms with Gasteiger partial charge in [0.05, 0.1) is 23.3 Å². The van der Waals surface area contributed by atoms with Crippen molar-refractivity contribution in [2.75, 3.05) is 18.5 Å². The first-order valence-electron chi connectivity index (χ1n) is 9.72. The second kappa shape index (κ2) is 8.28. The van der Waals surface area contributed by atoms with Gasteiger partial charge in [0, 0.05) is 43.4 Å². The minimum atomic E-state index is -0.493. The summed E-state index contributed by atoms with van der Waals surface area (Å²) in [7, 11) is 1.86. The van der Waals surface area contributed by atoms with Crippen LogP contribution >= 0.6 is 0 Å². The Morgan fingerprint density at radius 2 is 1.93 bits per heavy atom. The quantitative estimate of drug-likeness (QED) is 0.531. The van der Waals surface area contributed by atoms with Crippen molar-refractivity contribution in [3.8, 4) is 0 Å². The molecule has 0 saturated carbocycles. The number of nitrogens with one attached hydrogen (secondary N) is 1. The van der Waals surface area contributed by atoms with E-state index in [0.29, 0.717) is 30.0 Å². The van der Waals surface area contributed by atoms with Gasteiger partial charge in [0.25, 0.3) is 11.1 Å². The minimum Gasteiger partial charge on any atom is -0.345 e. The highest BCUT2D eigenvalue weighted by molar-refractivity contribution is 5.80. The van der Waals surface area contributed by atoms with E-state index in [1.54, 1.807) is 18.5 Å². The Morgan fingerprint density at radius 3 is 2.73 bits per heavy atom. The number of anilines is 1. The van der Waals surface area contributed by atoms with Crippen LogP contribution in [0.15, 0.2) is 70.5 Å². The third-order valence-corrected chi connectivity index (χ3v) is 5.06. The summed E-state index contributed by atoms with van der Waals surface area (Å²) in [4.78, 5) is 38.7. The zero-order valence-corrected chi connectivity index (χ0v) is 16.8. The number of nitrogens with zero attached hydrogens (tertiary/aromatic N) is 5. The summed E-state index contributed by atoms with van der Waals surface area (Å²) in [5.74, 6) is 0.439. The van der Waals surface area contributed by atoms with E-state index in [0.717, 1.165) is 11.1 Å². The van der Waals surface area contributed by atoms with Gasteiger partial charge in [-0.2, -0.15) is 5.10 Å². The Morgan fingerprint density at radius 1 is 1.13 bits per heavy atom. The van der Waals surface area contributed by atoms with Crippen molar-refractivity contribution in [3.05, 3.63) is 93.0 Å². The van der Waals surface area contributed by atoms with Crippen LogP contribution in [0.4, 0.5) is 5.95 Å². The van der Waals surface area contributed by atoms with E-state index in [9.17, 15) is 9.59 Å². The molecule has 0 bridgehead atoms. The van der Waals surface area contributed by atoms with Crippen LogP contribution in [0.2, 0.25) is 0 Å². The molecule has 1 atom stereocenters. The van der Waals surface area contributed by atoms with Gasteiger partial charge in [0.15, 0.2) is 0 Å². The maximum Gasteiger partial charge on any atom is 0.275 e. The molecule has 0 spiro atoms. The van der Waals surface area contributed by atoms with Gasteiger partial charge in [-0.25, -0.2) is 9.67 Å². The molecular formula is C22H22N6O2. The predicted molar refractivity (Wildman–Crippen MR) is 116 cm³/mol. The van der Waals surface area contributed by atoms with Crippen LogP contribution in [0.25, 0.3) is 10.8 Å². The maximum absolute atomic E-state index is 12.9. The summed E-state index contributed by atoms with van der Waals surface area (Å²) < 4.78 is 1.36. The number of rotatable bonds is 6. The lowest BCUT2D eigenvalue weighted by Crippen LogP contribution is -2.30. The van der Waals surface area contributed by atoms with Crippen LogP contribution < -0.4 is 16.0 Å². The Kier molecular flexibility index (Phi) is 5.38. The molecule has 0 amide bonds. The summed E-state index contributed by atoms with van der Waals surface area (Å²) in [5, 5.41) is 5.65. The van der Waals surface area contributed by atoms with Crippen molar-refractivity contribution < 1.29 is 0 Å². The van der Waals surface area contributed by atoms with E-state index in [1.807, 2.05) is 55.3 Å². The van der Waals surface area contributed by atoms with Gasteiger partial charge < -0.3 is 4.90 Å². The third-order valence-electron chi connectivity index (χ3n) is 5.06. The second-order valence-electron chi connectivity index (χ2n) is 7.14. The molecule has 4 rings (SSSR count). The van der Waals surface area contributed by atoms with Crippen molar-refractivity contribution >= 4 is 16.7 Å². The van der Waals surface area contributed by atoms with Crippen molar-refractivity contribution in [1.29, 1.82) is 0 Å². The van der Waals surface area contributed by atoms with Crippen molar-refractivity contribution in [2.45, 2.75) is 19.4 Å². The Hall–Kier alpha value is -3.81. The van der Waals surface area contributed by atoms with Gasteiger partial charge in [0.1, 0.15) is 0 Å². The van der Waals surface area contributed by atoms with Gasteiger partial charge in [-0.1, -0.05) is 24.3 Å². The number of hydrogen-bond donors (Lipinski definition) is 1. The Bertz CT molecular complexity index is 1280. The number of aromatic amines is 1. The molecule has 1 N–H and O–H groups in total. The average molecular weight is 402 g/mol. The number of hydrogen-bond acceptors (Lipinski definition) is 6. The largest absolute Gasteiger partial charge is 0.345 e. The molecule has 0 saturated heterocycles. The van der Waals surface area contributed by atoms with E-state index >= 15 is 0 Å². The summed E-state index contributed by atoms with van der Waals surface area (Å²) in [6, 6.07) is 14.0. The van der Waals surface area contributed by atoms with E-state index in [1.165, 1.54) is 10.7 Å². The highest BCUT2D eigenvalue weighted by Crippen LogP contribution is 2.16. The third kappa shape index (κ3) is 3.98. The standard InChI is InChI=1S/C22H22N6O2/c1-15(28-21(30)18-9-4-3-7-16(18)14-24-28)19-13-20(29)26-22(25-19)27(2)12-10-17-8-5-6-11-23-17/h3-9,11,13-15H,10,12H2,1-2H3,(H,25,26,29)/t15-/m1/s1. The SMILES string of the molecule is C[C@H](c1cc(=O)[nH]c(N(C)CCc2ccccn2)n1)n1ncc2ccccc2c1=O. The zero-order valence-electron chi connectivity index (χ0n) is 16.8. The Labute approximate surface area is 172 Å². The fourth-order valence-electron chi connectivity index (χ4n) is 3.30. The van der Waals surface area contributed by atoms with Crippen LogP contribution in [0.1, 0.15) is 24.4 Å². The van der Waals surface area contributed by atoms with Gasteiger partial charge in [-0.15, -0.1) is 0 Å². The molecule has 0 radical (unpaired) electrons.